The number of nitrogens with zero attached hydrogens (tertiary/aromatic N) is 2. The third-order valence-corrected chi connectivity index (χ3v) is 5.43. The van der Waals surface area contributed by atoms with E-state index in [-0.39, 0.29) is 33.2 Å². The van der Waals surface area contributed by atoms with E-state index in [2.05, 4.69) is 10.2 Å². The number of benzene rings is 4. The molecule has 0 saturated carbocycles. The third kappa shape index (κ3) is 4.42. The van der Waals surface area contributed by atoms with Gasteiger partial charge in [-0.1, -0.05) is 36.4 Å². The molecule has 1 radical (unpaired) electrons. The van der Waals surface area contributed by atoms with Crippen LogP contribution >= 0.6 is 0 Å². The Labute approximate surface area is 187 Å². The number of rotatable bonds is 4. The van der Waals surface area contributed by atoms with Gasteiger partial charge in [0.25, 0.3) is 10.1 Å². The molecule has 4 aromatic rings. The van der Waals surface area contributed by atoms with Gasteiger partial charge in [0, 0.05) is 22.5 Å². The summed E-state index contributed by atoms with van der Waals surface area (Å²) >= 11 is 0. The molecule has 8 nitrogen and oxygen atoms in total. The van der Waals surface area contributed by atoms with E-state index in [9.17, 15) is 23.4 Å². The third-order valence-electron chi connectivity index (χ3n) is 4.58. The van der Waals surface area contributed by atoms with Crippen LogP contribution in [0.2, 0.25) is 0 Å². The van der Waals surface area contributed by atoms with Gasteiger partial charge in [-0.3, -0.25) is 4.55 Å². The number of carboxylic acid groups (broad SMARTS) is 1. The fourth-order valence-electron chi connectivity index (χ4n) is 3.12. The summed E-state index contributed by atoms with van der Waals surface area (Å²) in [5.41, 5.74) is 0.164. The molecule has 0 atom stereocenters. The summed E-state index contributed by atoms with van der Waals surface area (Å²) in [4.78, 5) is 11.2. The van der Waals surface area contributed by atoms with Crippen LogP contribution in [0.15, 0.2) is 81.9 Å². The zero-order valence-corrected chi connectivity index (χ0v) is 17.6. The Morgan fingerprint density at radius 3 is 2.23 bits per heavy atom. The minimum Gasteiger partial charge on any atom is -0.505 e. The summed E-state index contributed by atoms with van der Waals surface area (Å²) < 4.78 is 31.7. The molecule has 0 aliphatic carbocycles. The summed E-state index contributed by atoms with van der Waals surface area (Å²) in [7, 11) is -4.31. The number of aromatic carboxylic acids is 1. The number of aromatic hydroxyl groups is 1. The molecular formula is C21H14MnN2O6S. The summed E-state index contributed by atoms with van der Waals surface area (Å²) in [5, 5.41) is 30.3. The number of phenols is 1. The maximum Gasteiger partial charge on any atom is 0.339 e. The van der Waals surface area contributed by atoms with E-state index in [1.807, 2.05) is 0 Å². The molecule has 31 heavy (non-hydrogen) atoms. The number of fused-ring (bicyclic) bond motifs is 2. The Bertz CT molecular complexity index is 1470. The fourth-order valence-corrected chi connectivity index (χ4v) is 3.64. The Kier molecular flexibility index (Phi) is 6.10. The first-order valence-electron chi connectivity index (χ1n) is 8.65. The van der Waals surface area contributed by atoms with Gasteiger partial charge in [-0.2, -0.15) is 13.5 Å². The van der Waals surface area contributed by atoms with Gasteiger partial charge in [0.1, 0.15) is 11.3 Å². The van der Waals surface area contributed by atoms with Crippen LogP contribution in [0.4, 0.5) is 11.4 Å². The molecule has 0 spiro atoms. The standard InChI is InChI=1S/C21H14N2O6S.Mn/c24-20-18(21(25)26)11-14-3-1-2-4-17(14)19(20)23-22-15-7-5-13-10-16(30(27,28)29)8-6-12(13)9-15;/h1-11,24H,(H,25,26)(H,27,28,29);. The number of hydrogen-bond donors (Lipinski definition) is 3. The molecule has 0 fully saturated rings. The van der Waals surface area contributed by atoms with Gasteiger partial charge in [0.15, 0.2) is 5.75 Å². The maximum atomic E-state index is 11.4. The predicted octanol–water partition coefficient (Wildman–Crippen LogP) is 5.06. The van der Waals surface area contributed by atoms with Crippen molar-refractivity contribution in [2.45, 2.75) is 4.90 Å². The number of azo groups is 1. The Morgan fingerprint density at radius 1 is 0.839 bits per heavy atom. The van der Waals surface area contributed by atoms with Crippen LogP contribution in [-0.2, 0) is 27.2 Å². The van der Waals surface area contributed by atoms with E-state index in [1.54, 1.807) is 42.5 Å². The van der Waals surface area contributed by atoms with Crippen molar-refractivity contribution in [2.24, 2.45) is 10.2 Å². The van der Waals surface area contributed by atoms with E-state index >= 15 is 0 Å². The first-order valence-corrected chi connectivity index (χ1v) is 10.1. The van der Waals surface area contributed by atoms with E-state index in [4.69, 9.17) is 4.55 Å². The van der Waals surface area contributed by atoms with Crippen LogP contribution in [0.5, 0.6) is 5.75 Å². The fraction of sp³-hybridized carbons (Fsp3) is 0. The summed E-state index contributed by atoms with van der Waals surface area (Å²) in [6.45, 7) is 0. The smallest absolute Gasteiger partial charge is 0.339 e. The van der Waals surface area contributed by atoms with E-state index in [0.717, 1.165) is 0 Å². The van der Waals surface area contributed by atoms with Crippen molar-refractivity contribution in [2.75, 3.05) is 0 Å². The van der Waals surface area contributed by atoms with Gasteiger partial charge in [-0.25, -0.2) is 4.79 Å². The second-order valence-electron chi connectivity index (χ2n) is 6.52. The quantitative estimate of drug-likeness (QED) is 0.214. The second kappa shape index (κ2) is 8.44. The molecule has 4 rings (SSSR count). The van der Waals surface area contributed by atoms with Crippen molar-refractivity contribution in [3.8, 4) is 5.75 Å². The molecule has 0 saturated heterocycles. The Hall–Kier alpha value is -3.30. The zero-order valence-electron chi connectivity index (χ0n) is 15.6. The molecule has 0 heterocycles. The van der Waals surface area contributed by atoms with Gasteiger partial charge >= 0.3 is 5.97 Å². The monoisotopic (exact) mass is 477 g/mol. The summed E-state index contributed by atoms with van der Waals surface area (Å²) in [6, 6.07) is 17.2. The van der Waals surface area contributed by atoms with Crippen molar-refractivity contribution < 1.29 is 45.0 Å². The molecule has 0 aliphatic rings. The molecule has 0 aliphatic heterocycles. The van der Waals surface area contributed by atoms with Crippen LogP contribution in [0, 0.1) is 0 Å². The first-order chi connectivity index (χ1) is 14.2. The van der Waals surface area contributed by atoms with Crippen molar-refractivity contribution in [1.82, 2.24) is 0 Å². The van der Waals surface area contributed by atoms with E-state index < -0.39 is 21.8 Å². The molecule has 10 heteroatoms. The van der Waals surface area contributed by atoms with Crippen LogP contribution in [0.25, 0.3) is 21.5 Å². The summed E-state index contributed by atoms with van der Waals surface area (Å²) in [6.07, 6.45) is 0. The second-order valence-corrected chi connectivity index (χ2v) is 7.94. The maximum absolute atomic E-state index is 11.4. The average molecular weight is 477 g/mol. The molecule has 0 bridgehead atoms. The Balaban J connectivity index is 0.00000272. The Morgan fingerprint density at radius 2 is 1.52 bits per heavy atom. The predicted molar refractivity (Wildman–Crippen MR) is 111 cm³/mol. The number of carbonyl (C=O) groups is 1. The van der Waals surface area contributed by atoms with Crippen molar-refractivity contribution in [1.29, 1.82) is 0 Å². The molecule has 0 aromatic heterocycles. The van der Waals surface area contributed by atoms with Crippen molar-refractivity contribution in [3.05, 3.63) is 72.3 Å². The van der Waals surface area contributed by atoms with Crippen molar-refractivity contribution >= 4 is 49.0 Å². The number of hydrogen-bond acceptors (Lipinski definition) is 6. The molecule has 0 unspecified atom stereocenters. The first kappa shape index (κ1) is 22.4. The topological polar surface area (TPSA) is 137 Å². The molecule has 0 amide bonds. The molecule has 157 valence electrons. The van der Waals surface area contributed by atoms with E-state index in [1.165, 1.54) is 24.3 Å². The normalized spacial score (nSPS) is 11.6. The largest absolute Gasteiger partial charge is 0.505 e. The van der Waals surface area contributed by atoms with E-state index in [0.29, 0.717) is 27.2 Å². The van der Waals surface area contributed by atoms with Crippen LogP contribution in [0.3, 0.4) is 0 Å². The molecule has 3 N–H and O–H groups in total. The van der Waals surface area contributed by atoms with Gasteiger partial charge in [-0.05, 0) is 46.5 Å². The summed E-state index contributed by atoms with van der Waals surface area (Å²) in [5.74, 6) is -1.77. The zero-order chi connectivity index (χ0) is 21.5. The minimum absolute atomic E-state index is 0. The van der Waals surface area contributed by atoms with Crippen LogP contribution < -0.4 is 0 Å². The van der Waals surface area contributed by atoms with Gasteiger partial charge in [0.05, 0.1) is 10.6 Å². The molecular weight excluding hydrogens is 463 g/mol. The number of carboxylic acids is 1. The van der Waals surface area contributed by atoms with Gasteiger partial charge < -0.3 is 10.2 Å². The van der Waals surface area contributed by atoms with Crippen LogP contribution in [-0.4, -0.2) is 29.2 Å². The van der Waals surface area contributed by atoms with Crippen molar-refractivity contribution in [3.63, 3.8) is 0 Å². The minimum atomic E-state index is -4.31. The van der Waals surface area contributed by atoms with Gasteiger partial charge in [-0.15, -0.1) is 5.11 Å². The average Bonchev–Trinajstić information content (AvgIpc) is 2.71. The molecule has 4 aromatic carbocycles. The SMILES string of the molecule is O=C(O)c1cc2ccccc2c(N=Nc2ccc3cc(S(=O)(=O)O)ccc3c2)c1O.[Mn]. The van der Waals surface area contributed by atoms with Gasteiger partial charge in [0.2, 0.25) is 0 Å². The van der Waals surface area contributed by atoms with Crippen LogP contribution in [0.1, 0.15) is 10.4 Å².